The van der Waals surface area contributed by atoms with Gasteiger partial charge in [0.05, 0.1) is 26.4 Å². The Morgan fingerprint density at radius 3 is 0.760 bits per heavy atom. The fourth-order valence-electron chi connectivity index (χ4n) is 11.0. The molecule has 2 unspecified atom stereocenters. The first-order valence-electron chi connectivity index (χ1n) is 40.2. The molecule has 0 saturated carbocycles. The van der Waals surface area contributed by atoms with Crippen molar-refractivity contribution in [3.05, 3.63) is 72.9 Å². The molecule has 17 nitrogen and oxygen atoms in total. The van der Waals surface area contributed by atoms with E-state index in [1.807, 2.05) is 0 Å². The lowest BCUT2D eigenvalue weighted by Crippen LogP contribution is -2.30. The summed E-state index contributed by atoms with van der Waals surface area (Å²) < 4.78 is 68.6. The lowest BCUT2D eigenvalue weighted by Gasteiger charge is -2.21. The molecule has 100 heavy (non-hydrogen) atoms. The first-order chi connectivity index (χ1) is 48.7. The van der Waals surface area contributed by atoms with Crippen LogP contribution in [0, 0.1) is 0 Å². The third kappa shape index (κ3) is 72.8. The number of allylic oxidation sites excluding steroid dienone is 12. The number of hydrogen-bond acceptors (Lipinski definition) is 15. The summed E-state index contributed by atoms with van der Waals surface area (Å²) in [6.45, 7) is 4.81. The number of carbonyl (C=O) groups is 4. The molecule has 0 aromatic carbocycles. The summed E-state index contributed by atoms with van der Waals surface area (Å²) in [5, 5.41) is 10.6. The summed E-state index contributed by atoms with van der Waals surface area (Å²) in [6, 6.07) is 0. The maximum absolute atomic E-state index is 13.1. The predicted molar refractivity (Wildman–Crippen MR) is 409 cm³/mol. The van der Waals surface area contributed by atoms with Crippen molar-refractivity contribution in [3.8, 4) is 0 Å². The van der Waals surface area contributed by atoms with Crippen LogP contribution in [0.4, 0.5) is 0 Å². The van der Waals surface area contributed by atoms with Crippen LogP contribution >= 0.6 is 15.6 Å². The largest absolute Gasteiger partial charge is 0.472 e. The quantitative estimate of drug-likeness (QED) is 0.0169. The van der Waals surface area contributed by atoms with Gasteiger partial charge in [-0.15, -0.1) is 0 Å². The minimum Gasteiger partial charge on any atom is -0.462 e. The van der Waals surface area contributed by atoms with Gasteiger partial charge in [-0.3, -0.25) is 37.3 Å². The fraction of sp³-hybridized carbons (Fsp3) is 0.802. The van der Waals surface area contributed by atoms with Crippen molar-refractivity contribution in [2.45, 2.75) is 380 Å². The van der Waals surface area contributed by atoms with Gasteiger partial charge in [0, 0.05) is 25.7 Å². The highest BCUT2D eigenvalue weighted by molar-refractivity contribution is 7.47. The van der Waals surface area contributed by atoms with Crippen LogP contribution in [-0.4, -0.2) is 96.7 Å². The Hall–Kier alpha value is -3.50. The Morgan fingerprint density at radius 1 is 0.280 bits per heavy atom. The number of aliphatic hydroxyl groups excluding tert-OH is 1. The van der Waals surface area contributed by atoms with E-state index in [-0.39, 0.29) is 25.7 Å². The van der Waals surface area contributed by atoms with Gasteiger partial charge < -0.3 is 33.8 Å². The van der Waals surface area contributed by atoms with Crippen LogP contribution in [0.2, 0.25) is 0 Å². The number of esters is 4. The summed E-state index contributed by atoms with van der Waals surface area (Å²) in [5.74, 6) is -2.19. The summed E-state index contributed by atoms with van der Waals surface area (Å²) in [6.07, 6.45) is 74.4. The first kappa shape index (κ1) is 96.5. The highest BCUT2D eigenvalue weighted by Gasteiger charge is 2.30. The van der Waals surface area contributed by atoms with Crippen LogP contribution in [0.25, 0.3) is 0 Å². The van der Waals surface area contributed by atoms with Crippen LogP contribution in [0.1, 0.15) is 362 Å². The molecule has 0 rings (SSSR count). The van der Waals surface area contributed by atoms with Gasteiger partial charge >= 0.3 is 39.5 Å². The molecule has 0 aromatic rings. The average Bonchev–Trinajstić information content (AvgIpc) is 1.01. The Bertz CT molecular complexity index is 2180. The SMILES string of the molecule is CCCCC/C=C\C/C=C\CCCCCCCC(=O)OC[C@H](COP(=O)(O)OC[C@@H](O)COP(=O)(O)OC[C@@H](COC(=O)CCCCCCC/C=C\C/C=C\CCCCC)OC(=O)CCCCCCCCCCCCCCCCC)OC(=O)CCCCCCC/C=C\C/C=C\CCCCC. The maximum atomic E-state index is 13.1. The lowest BCUT2D eigenvalue weighted by molar-refractivity contribution is -0.161. The van der Waals surface area contributed by atoms with Crippen molar-refractivity contribution in [2.75, 3.05) is 39.6 Å². The van der Waals surface area contributed by atoms with Crippen molar-refractivity contribution in [2.24, 2.45) is 0 Å². The Labute approximate surface area is 609 Å². The standard InChI is InChI=1S/C81H146O17P2/c1-5-9-13-17-21-25-29-33-37-41-45-49-53-57-61-65-78(83)91-71-76(97-80(85)67-63-59-55-51-47-43-39-35-31-27-23-19-15-11-7-3)73-95-99(87,88)93-69-75(82)70-94-100(89,90)96-74-77(98-81(86)68-64-60-56-52-48-44-40-36-32-28-24-20-16-12-8-4)72-92-79(84)66-62-58-54-50-46-42-38-34-30-26-22-18-14-10-6-2/h21-23,25-27,33-35,37-39,75-77,82H,5-20,24,28-32,36,40-74H2,1-4H3,(H,87,88)(H,89,90)/b25-21-,26-22-,27-23-,37-33-,38-34-,39-35-/t75-,76-,77-/m1/s1. The number of hydrogen-bond donors (Lipinski definition) is 3. The monoisotopic (exact) mass is 1450 g/mol. The van der Waals surface area contributed by atoms with E-state index < -0.39 is 97.5 Å². The van der Waals surface area contributed by atoms with Crippen LogP contribution in [0.15, 0.2) is 72.9 Å². The molecule has 0 aliphatic carbocycles. The number of ether oxygens (including phenoxy) is 4. The zero-order valence-corrected chi connectivity index (χ0v) is 65.4. The number of phosphoric acid groups is 2. The smallest absolute Gasteiger partial charge is 0.462 e. The molecular weight excluding hydrogens is 1310 g/mol. The summed E-state index contributed by atoms with van der Waals surface area (Å²) in [5.41, 5.74) is 0. The van der Waals surface area contributed by atoms with Gasteiger partial charge in [0.25, 0.3) is 0 Å². The van der Waals surface area contributed by atoms with Gasteiger partial charge in [0.1, 0.15) is 19.3 Å². The Balaban J connectivity index is 5.36. The number of aliphatic hydroxyl groups is 1. The summed E-state index contributed by atoms with van der Waals surface area (Å²) in [7, 11) is -9.95. The third-order valence-electron chi connectivity index (χ3n) is 17.1. The van der Waals surface area contributed by atoms with E-state index in [0.29, 0.717) is 25.7 Å². The number of rotatable bonds is 76. The minimum absolute atomic E-state index is 0.0782. The second-order valence-corrected chi connectivity index (χ2v) is 29.9. The van der Waals surface area contributed by atoms with Gasteiger partial charge in [-0.25, -0.2) is 9.13 Å². The van der Waals surface area contributed by atoms with Gasteiger partial charge in [-0.05, 0) is 122 Å². The van der Waals surface area contributed by atoms with Crippen molar-refractivity contribution < 1.29 is 80.2 Å². The highest BCUT2D eigenvalue weighted by Crippen LogP contribution is 2.45. The van der Waals surface area contributed by atoms with E-state index in [4.69, 9.17) is 37.0 Å². The van der Waals surface area contributed by atoms with E-state index in [1.165, 1.54) is 122 Å². The zero-order chi connectivity index (χ0) is 73.2. The lowest BCUT2D eigenvalue weighted by atomic mass is 10.0. The van der Waals surface area contributed by atoms with Crippen molar-refractivity contribution in [3.63, 3.8) is 0 Å². The molecule has 0 aliphatic rings. The third-order valence-corrected chi connectivity index (χ3v) is 19.0. The van der Waals surface area contributed by atoms with E-state index in [0.717, 1.165) is 161 Å². The van der Waals surface area contributed by atoms with Gasteiger partial charge in [-0.1, -0.05) is 287 Å². The Morgan fingerprint density at radius 2 is 0.490 bits per heavy atom. The molecule has 582 valence electrons. The first-order valence-corrected chi connectivity index (χ1v) is 43.2. The predicted octanol–water partition coefficient (Wildman–Crippen LogP) is 23.2. The molecule has 0 saturated heterocycles. The number of unbranched alkanes of at least 4 members (excludes halogenated alkanes) is 38. The van der Waals surface area contributed by atoms with E-state index in [1.54, 1.807) is 0 Å². The van der Waals surface area contributed by atoms with Crippen LogP contribution in [-0.2, 0) is 65.4 Å². The molecule has 0 aliphatic heterocycles. The fourth-order valence-corrected chi connectivity index (χ4v) is 12.5. The van der Waals surface area contributed by atoms with E-state index >= 15 is 0 Å². The van der Waals surface area contributed by atoms with Gasteiger partial charge in [0.15, 0.2) is 12.2 Å². The van der Waals surface area contributed by atoms with Crippen molar-refractivity contribution >= 4 is 39.5 Å². The van der Waals surface area contributed by atoms with Gasteiger partial charge in [0.2, 0.25) is 0 Å². The van der Waals surface area contributed by atoms with Gasteiger partial charge in [-0.2, -0.15) is 0 Å². The van der Waals surface area contributed by atoms with E-state index in [9.17, 15) is 43.2 Å². The highest BCUT2D eigenvalue weighted by atomic mass is 31.2. The molecule has 5 atom stereocenters. The van der Waals surface area contributed by atoms with Crippen LogP contribution in [0.3, 0.4) is 0 Å². The second-order valence-electron chi connectivity index (χ2n) is 27.0. The summed E-state index contributed by atoms with van der Waals surface area (Å²) >= 11 is 0. The molecule has 19 heteroatoms. The maximum Gasteiger partial charge on any atom is 0.472 e. The summed E-state index contributed by atoms with van der Waals surface area (Å²) in [4.78, 5) is 73.0. The van der Waals surface area contributed by atoms with Crippen molar-refractivity contribution in [1.29, 1.82) is 0 Å². The molecule has 0 amide bonds. The van der Waals surface area contributed by atoms with E-state index in [2.05, 4.69) is 101 Å². The molecule has 0 aromatic heterocycles. The minimum atomic E-state index is -4.98. The molecule has 0 bridgehead atoms. The molecule has 0 heterocycles. The molecular formula is C81H146O17P2. The normalized spacial score (nSPS) is 14.3. The second kappa shape index (κ2) is 73.8. The van der Waals surface area contributed by atoms with Crippen LogP contribution < -0.4 is 0 Å². The molecule has 0 radical (unpaired) electrons. The molecule has 0 spiro atoms. The molecule has 3 N–H and O–H groups in total. The number of carbonyl (C=O) groups excluding carboxylic acids is 4. The van der Waals surface area contributed by atoms with Crippen LogP contribution in [0.5, 0.6) is 0 Å². The Kier molecular flexibility index (Phi) is 71.2. The topological polar surface area (TPSA) is 237 Å². The number of phosphoric ester groups is 2. The zero-order valence-electron chi connectivity index (χ0n) is 63.6. The molecule has 0 fully saturated rings. The van der Waals surface area contributed by atoms with Crippen molar-refractivity contribution in [1.82, 2.24) is 0 Å². The average molecular weight is 1450 g/mol.